The smallest absolute Gasteiger partial charge is 0.253 e. The number of rotatable bonds is 4. The molecular weight excluding hydrogens is 404 g/mol. The topological polar surface area (TPSA) is 61.8 Å². The Hall–Kier alpha value is -2.44. The summed E-state index contributed by atoms with van der Waals surface area (Å²) in [6.07, 6.45) is 2.25. The second-order valence-corrected chi connectivity index (χ2v) is 7.29. The minimum atomic E-state index is -0.514. The minimum Gasteiger partial charge on any atom is -0.339 e. The lowest BCUT2D eigenvalue weighted by atomic mass is 9.95. The van der Waals surface area contributed by atoms with E-state index in [1.165, 1.54) is 18.3 Å². The Bertz CT molecular complexity index is 875. The summed E-state index contributed by atoms with van der Waals surface area (Å²) in [6.45, 7) is 0.949. The average molecular weight is 422 g/mol. The molecule has 0 saturated carbocycles. The van der Waals surface area contributed by atoms with Gasteiger partial charge in [-0.3, -0.25) is 9.59 Å². The molecule has 28 heavy (non-hydrogen) atoms. The predicted octanol–water partition coefficient (Wildman–Crippen LogP) is 4.14. The van der Waals surface area contributed by atoms with Gasteiger partial charge < -0.3 is 4.90 Å². The molecule has 2 amide bonds. The second-order valence-electron chi connectivity index (χ2n) is 6.44. The number of hydrogen-bond donors (Lipinski definition) is 1. The van der Waals surface area contributed by atoms with E-state index in [2.05, 4.69) is 10.5 Å². The lowest BCUT2D eigenvalue weighted by Crippen LogP contribution is -2.42. The van der Waals surface area contributed by atoms with E-state index in [9.17, 15) is 14.0 Å². The molecule has 0 bridgehead atoms. The molecule has 2 aromatic rings. The number of carbonyl (C=O) groups excluding carboxylic acids is 2. The fourth-order valence-corrected chi connectivity index (χ4v) is 3.34. The minimum absolute atomic E-state index is 0.0808. The molecule has 0 aromatic heterocycles. The number of likely N-dealkylation sites (tertiary alicyclic amines) is 1. The third-order valence-electron chi connectivity index (χ3n) is 4.61. The van der Waals surface area contributed by atoms with Gasteiger partial charge in [0.05, 0.1) is 11.2 Å². The lowest BCUT2D eigenvalue weighted by Gasteiger charge is -2.31. The Morgan fingerprint density at radius 1 is 1.11 bits per heavy atom. The number of benzene rings is 2. The first kappa shape index (κ1) is 20.3. The van der Waals surface area contributed by atoms with Crippen LogP contribution in [0.4, 0.5) is 4.39 Å². The van der Waals surface area contributed by atoms with Gasteiger partial charge >= 0.3 is 0 Å². The Balaban J connectivity index is 1.52. The van der Waals surface area contributed by atoms with Gasteiger partial charge in [-0.05, 0) is 49.2 Å². The van der Waals surface area contributed by atoms with Crippen molar-refractivity contribution in [2.24, 2.45) is 11.0 Å². The molecule has 0 unspecified atom stereocenters. The van der Waals surface area contributed by atoms with Crippen LogP contribution in [0, 0.1) is 11.7 Å². The van der Waals surface area contributed by atoms with Crippen molar-refractivity contribution < 1.29 is 14.0 Å². The molecule has 146 valence electrons. The number of halogens is 3. The summed E-state index contributed by atoms with van der Waals surface area (Å²) in [5.41, 5.74) is 3.11. The van der Waals surface area contributed by atoms with Crippen LogP contribution in [0.25, 0.3) is 0 Å². The van der Waals surface area contributed by atoms with Crippen LogP contribution in [0.3, 0.4) is 0 Å². The molecule has 0 atom stereocenters. The highest BCUT2D eigenvalue weighted by molar-refractivity contribution is 6.33. The van der Waals surface area contributed by atoms with Crippen LogP contribution < -0.4 is 5.43 Å². The van der Waals surface area contributed by atoms with E-state index in [0.717, 1.165) is 0 Å². The molecular formula is C20H18Cl2FN3O2. The third kappa shape index (κ3) is 4.88. The SMILES string of the molecule is O=C(NN=Cc1c(F)cccc1Cl)C1CCN(C(=O)c2ccc(Cl)cc2)CC1. The number of carbonyl (C=O) groups is 2. The van der Waals surface area contributed by atoms with Crippen molar-refractivity contribution in [3.8, 4) is 0 Å². The van der Waals surface area contributed by atoms with Crippen LogP contribution in [0.1, 0.15) is 28.8 Å². The van der Waals surface area contributed by atoms with Crippen molar-refractivity contribution in [3.05, 3.63) is 69.5 Å². The van der Waals surface area contributed by atoms with E-state index in [1.54, 1.807) is 35.2 Å². The van der Waals surface area contributed by atoms with Gasteiger partial charge in [-0.25, -0.2) is 9.82 Å². The predicted molar refractivity (Wildman–Crippen MR) is 107 cm³/mol. The van der Waals surface area contributed by atoms with Crippen LogP contribution in [-0.2, 0) is 4.79 Å². The number of piperidine rings is 1. The molecule has 0 spiro atoms. The molecule has 1 fully saturated rings. The number of hydrogen-bond acceptors (Lipinski definition) is 3. The van der Waals surface area contributed by atoms with Crippen molar-refractivity contribution in [2.75, 3.05) is 13.1 Å². The highest BCUT2D eigenvalue weighted by atomic mass is 35.5. The zero-order valence-electron chi connectivity index (χ0n) is 14.9. The largest absolute Gasteiger partial charge is 0.339 e. The molecule has 0 radical (unpaired) electrons. The average Bonchev–Trinajstić information content (AvgIpc) is 2.70. The van der Waals surface area contributed by atoms with Gasteiger partial charge in [-0.15, -0.1) is 0 Å². The standard InChI is InChI=1S/C20H18Cl2FN3O2/c21-15-6-4-14(5-7-15)20(28)26-10-8-13(9-11-26)19(27)25-24-12-16-17(22)2-1-3-18(16)23/h1-7,12-13H,8-11H2,(H,25,27). The lowest BCUT2D eigenvalue weighted by molar-refractivity contribution is -0.126. The Labute approximate surface area is 172 Å². The van der Waals surface area contributed by atoms with E-state index in [4.69, 9.17) is 23.2 Å². The zero-order valence-corrected chi connectivity index (χ0v) is 16.4. The Kier molecular flexibility index (Phi) is 6.65. The molecule has 8 heteroatoms. The molecule has 1 heterocycles. The molecule has 5 nitrogen and oxygen atoms in total. The summed E-state index contributed by atoms with van der Waals surface area (Å²) in [5, 5.41) is 4.59. The number of amides is 2. The van der Waals surface area contributed by atoms with Crippen LogP contribution in [0.15, 0.2) is 47.6 Å². The molecule has 1 aliphatic heterocycles. The van der Waals surface area contributed by atoms with Crippen LogP contribution in [0.2, 0.25) is 10.0 Å². The van der Waals surface area contributed by atoms with Gasteiger partial charge in [0.2, 0.25) is 5.91 Å². The maximum atomic E-state index is 13.7. The fourth-order valence-electron chi connectivity index (χ4n) is 3.01. The first-order valence-corrected chi connectivity index (χ1v) is 9.53. The summed E-state index contributed by atoms with van der Waals surface area (Å²) in [5.74, 6) is -1.12. The van der Waals surface area contributed by atoms with Crippen molar-refractivity contribution in [3.63, 3.8) is 0 Å². The van der Waals surface area contributed by atoms with Crippen LogP contribution >= 0.6 is 23.2 Å². The molecule has 0 aliphatic carbocycles. The first-order chi connectivity index (χ1) is 13.5. The second kappa shape index (κ2) is 9.17. The summed E-state index contributed by atoms with van der Waals surface area (Å²) in [7, 11) is 0. The van der Waals surface area contributed by atoms with Gasteiger partial charge in [0.25, 0.3) is 5.91 Å². The van der Waals surface area contributed by atoms with E-state index >= 15 is 0 Å². The van der Waals surface area contributed by atoms with E-state index in [-0.39, 0.29) is 28.3 Å². The first-order valence-electron chi connectivity index (χ1n) is 8.77. The maximum absolute atomic E-state index is 13.7. The summed E-state index contributed by atoms with van der Waals surface area (Å²) >= 11 is 11.8. The van der Waals surface area contributed by atoms with Gasteiger partial charge in [-0.2, -0.15) is 5.10 Å². The van der Waals surface area contributed by atoms with E-state index < -0.39 is 5.82 Å². The van der Waals surface area contributed by atoms with Crippen LogP contribution in [-0.4, -0.2) is 36.0 Å². The number of nitrogens with zero attached hydrogens (tertiary/aromatic N) is 2. The molecule has 1 saturated heterocycles. The monoisotopic (exact) mass is 421 g/mol. The van der Waals surface area contributed by atoms with Gasteiger partial charge in [0, 0.05) is 35.2 Å². The molecule has 1 N–H and O–H groups in total. The number of nitrogens with one attached hydrogen (secondary N) is 1. The van der Waals surface area contributed by atoms with E-state index in [1.807, 2.05) is 0 Å². The van der Waals surface area contributed by atoms with Gasteiger partial charge in [-0.1, -0.05) is 29.3 Å². The Morgan fingerprint density at radius 3 is 2.43 bits per heavy atom. The van der Waals surface area contributed by atoms with Crippen molar-refractivity contribution >= 4 is 41.2 Å². The normalized spacial score (nSPS) is 15.0. The summed E-state index contributed by atoms with van der Waals surface area (Å²) in [6, 6.07) is 11.0. The third-order valence-corrected chi connectivity index (χ3v) is 5.19. The van der Waals surface area contributed by atoms with Gasteiger partial charge in [0.15, 0.2) is 0 Å². The summed E-state index contributed by atoms with van der Waals surface area (Å²) < 4.78 is 13.7. The van der Waals surface area contributed by atoms with Gasteiger partial charge in [0.1, 0.15) is 5.82 Å². The molecule has 3 rings (SSSR count). The van der Waals surface area contributed by atoms with E-state index in [0.29, 0.717) is 36.5 Å². The van der Waals surface area contributed by atoms with Crippen LogP contribution in [0.5, 0.6) is 0 Å². The zero-order chi connectivity index (χ0) is 20.1. The number of hydrazone groups is 1. The van der Waals surface area contributed by atoms with Crippen molar-refractivity contribution in [1.82, 2.24) is 10.3 Å². The maximum Gasteiger partial charge on any atom is 0.253 e. The Morgan fingerprint density at radius 2 is 1.79 bits per heavy atom. The quantitative estimate of drug-likeness (QED) is 0.595. The van der Waals surface area contributed by atoms with Crippen molar-refractivity contribution in [2.45, 2.75) is 12.8 Å². The molecule has 2 aromatic carbocycles. The fraction of sp³-hybridized carbons (Fsp3) is 0.250. The molecule has 1 aliphatic rings. The van der Waals surface area contributed by atoms with Crippen molar-refractivity contribution in [1.29, 1.82) is 0 Å². The highest BCUT2D eigenvalue weighted by Crippen LogP contribution is 2.20. The summed E-state index contributed by atoms with van der Waals surface area (Å²) in [4.78, 5) is 26.5. The highest BCUT2D eigenvalue weighted by Gasteiger charge is 2.27.